The summed E-state index contributed by atoms with van der Waals surface area (Å²) >= 11 is 0.973. The monoisotopic (exact) mass is 331 g/mol. The van der Waals surface area contributed by atoms with Crippen molar-refractivity contribution < 1.29 is 18.3 Å². The lowest BCUT2D eigenvalue weighted by molar-refractivity contribution is 0.0697. The summed E-state index contributed by atoms with van der Waals surface area (Å²) in [5.74, 6) is -0.647. The molecule has 2 heterocycles. The average molecular weight is 331 g/mol. The summed E-state index contributed by atoms with van der Waals surface area (Å²) in [4.78, 5) is 11.2. The summed E-state index contributed by atoms with van der Waals surface area (Å²) in [6.45, 7) is 8.07. The van der Waals surface area contributed by atoms with E-state index in [9.17, 15) is 18.3 Å². The summed E-state index contributed by atoms with van der Waals surface area (Å²) < 4.78 is 27.4. The van der Waals surface area contributed by atoms with Gasteiger partial charge >= 0.3 is 5.97 Å². The number of carboxylic acids is 1. The van der Waals surface area contributed by atoms with Crippen LogP contribution in [0.15, 0.2) is 10.3 Å². The van der Waals surface area contributed by atoms with E-state index in [0.717, 1.165) is 17.8 Å². The Bertz CT molecular complexity index is 650. The van der Waals surface area contributed by atoms with Crippen LogP contribution in [0.1, 0.15) is 42.4 Å². The number of aryl methyl sites for hydroxylation is 1. The van der Waals surface area contributed by atoms with Crippen LogP contribution >= 0.6 is 11.3 Å². The summed E-state index contributed by atoms with van der Waals surface area (Å²) in [7, 11) is -3.78. The minimum Gasteiger partial charge on any atom is -0.477 e. The van der Waals surface area contributed by atoms with Gasteiger partial charge in [-0.15, -0.1) is 11.3 Å². The lowest BCUT2D eigenvalue weighted by Gasteiger charge is -2.40. The van der Waals surface area contributed by atoms with Gasteiger partial charge in [-0.05, 0) is 43.0 Å². The third kappa shape index (κ3) is 2.86. The largest absolute Gasteiger partial charge is 0.477 e. The van der Waals surface area contributed by atoms with Crippen LogP contribution in [0.5, 0.6) is 0 Å². The van der Waals surface area contributed by atoms with Crippen LogP contribution in [0, 0.1) is 18.8 Å². The van der Waals surface area contributed by atoms with E-state index in [1.165, 1.54) is 4.31 Å². The molecule has 1 saturated heterocycles. The number of hydrogen-bond donors (Lipinski definition) is 1. The Morgan fingerprint density at radius 2 is 2.00 bits per heavy atom. The average Bonchev–Trinajstić information content (AvgIpc) is 2.76. The van der Waals surface area contributed by atoms with Gasteiger partial charge in [0.05, 0.1) is 0 Å². The molecule has 0 amide bonds. The van der Waals surface area contributed by atoms with Crippen LogP contribution < -0.4 is 0 Å². The lowest BCUT2D eigenvalue weighted by atomic mass is 9.88. The molecule has 3 unspecified atom stereocenters. The number of aromatic carboxylic acids is 1. The van der Waals surface area contributed by atoms with Gasteiger partial charge in [0.1, 0.15) is 9.77 Å². The van der Waals surface area contributed by atoms with E-state index in [1.807, 2.05) is 20.8 Å². The third-order valence-corrected chi connectivity index (χ3v) is 7.58. The normalized spacial score (nSPS) is 27.7. The van der Waals surface area contributed by atoms with Crippen molar-refractivity contribution in [2.75, 3.05) is 6.54 Å². The quantitative estimate of drug-likeness (QED) is 0.924. The van der Waals surface area contributed by atoms with Gasteiger partial charge in [-0.2, -0.15) is 4.31 Å². The summed E-state index contributed by atoms with van der Waals surface area (Å²) in [5.41, 5.74) is 0.510. The molecule has 2 rings (SSSR count). The number of thiophene rings is 1. The number of rotatable bonds is 3. The van der Waals surface area contributed by atoms with Gasteiger partial charge in [-0.1, -0.05) is 13.8 Å². The number of nitrogens with zero attached hydrogens (tertiary/aromatic N) is 1. The number of piperidine rings is 1. The molecule has 1 aliphatic heterocycles. The van der Waals surface area contributed by atoms with Crippen molar-refractivity contribution in [3.05, 3.63) is 15.8 Å². The Hall–Kier alpha value is -0.920. The van der Waals surface area contributed by atoms with Gasteiger partial charge in [-0.25, -0.2) is 13.2 Å². The zero-order valence-electron chi connectivity index (χ0n) is 12.7. The number of sulfonamides is 1. The van der Waals surface area contributed by atoms with Crippen molar-refractivity contribution in [2.24, 2.45) is 11.8 Å². The summed E-state index contributed by atoms with van der Waals surface area (Å²) in [6, 6.07) is -0.118. The predicted octanol–water partition coefficient (Wildman–Crippen LogP) is 2.81. The highest BCUT2D eigenvalue weighted by Gasteiger charge is 2.40. The molecule has 3 atom stereocenters. The Labute approximate surface area is 129 Å². The Balaban J connectivity index is 2.52. The minimum atomic E-state index is -3.78. The predicted molar refractivity (Wildman–Crippen MR) is 82.3 cm³/mol. The standard InChI is InChI=1S/C14H21NO4S2/c1-8-5-9(2)11(4)15(6-8)21(18,19)13-10(3)7-20-12(13)14(16)17/h7-9,11H,5-6H2,1-4H3,(H,16,17). The second kappa shape index (κ2) is 5.70. The smallest absolute Gasteiger partial charge is 0.347 e. The van der Waals surface area contributed by atoms with Crippen LogP contribution in [0.2, 0.25) is 0 Å². The van der Waals surface area contributed by atoms with Gasteiger partial charge in [0.25, 0.3) is 0 Å². The summed E-state index contributed by atoms with van der Waals surface area (Å²) in [5, 5.41) is 10.8. The van der Waals surface area contributed by atoms with Crippen molar-refractivity contribution in [1.29, 1.82) is 0 Å². The van der Waals surface area contributed by atoms with E-state index in [1.54, 1.807) is 12.3 Å². The molecule has 0 aromatic carbocycles. The molecule has 118 valence electrons. The zero-order chi connectivity index (χ0) is 15.9. The van der Waals surface area contributed by atoms with Gasteiger partial charge in [0.15, 0.2) is 0 Å². The summed E-state index contributed by atoms with van der Waals surface area (Å²) in [6.07, 6.45) is 0.988. The SMILES string of the molecule is Cc1csc(C(=O)O)c1S(=O)(=O)N1CC(C)CC(C)C1C. The van der Waals surface area contributed by atoms with Gasteiger partial charge < -0.3 is 5.11 Å². The van der Waals surface area contributed by atoms with Gasteiger partial charge in [-0.3, -0.25) is 0 Å². The topological polar surface area (TPSA) is 74.7 Å². The first-order valence-electron chi connectivity index (χ1n) is 6.99. The highest BCUT2D eigenvalue weighted by molar-refractivity contribution is 7.89. The van der Waals surface area contributed by atoms with Crippen LogP contribution in [-0.4, -0.2) is 36.4 Å². The first kappa shape index (κ1) is 16.5. The van der Waals surface area contributed by atoms with Crippen molar-refractivity contribution in [1.82, 2.24) is 4.31 Å². The van der Waals surface area contributed by atoms with E-state index in [0.29, 0.717) is 12.1 Å². The maximum atomic E-state index is 13.0. The Morgan fingerprint density at radius 3 is 2.57 bits per heavy atom. The van der Waals surface area contributed by atoms with Crippen molar-refractivity contribution in [3.63, 3.8) is 0 Å². The molecule has 1 aromatic rings. The molecule has 0 saturated carbocycles. The van der Waals surface area contributed by atoms with E-state index >= 15 is 0 Å². The molecular weight excluding hydrogens is 310 g/mol. The molecule has 5 nitrogen and oxygen atoms in total. The molecule has 21 heavy (non-hydrogen) atoms. The van der Waals surface area contributed by atoms with Crippen molar-refractivity contribution in [2.45, 2.75) is 45.1 Å². The van der Waals surface area contributed by atoms with Gasteiger partial charge in [0, 0.05) is 12.6 Å². The lowest BCUT2D eigenvalue weighted by Crippen LogP contribution is -2.49. The minimum absolute atomic E-state index is 0.0341. The Morgan fingerprint density at radius 1 is 1.38 bits per heavy atom. The van der Waals surface area contributed by atoms with Crippen molar-refractivity contribution >= 4 is 27.3 Å². The Kier molecular flexibility index (Phi) is 4.46. The number of carboxylic acid groups (broad SMARTS) is 1. The van der Waals surface area contributed by atoms with Crippen LogP contribution in [-0.2, 0) is 10.0 Å². The molecule has 0 aliphatic carbocycles. The first-order chi connectivity index (χ1) is 9.66. The van der Waals surface area contributed by atoms with Crippen LogP contribution in [0.25, 0.3) is 0 Å². The second-order valence-electron chi connectivity index (χ2n) is 6.02. The molecule has 1 aromatic heterocycles. The molecule has 0 bridgehead atoms. The van der Waals surface area contributed by atoms with Crippen molar-refractivity contribution in [3.8, 4) is 0 Å². The third-order valence-electron chi connectivity index (χ3n) is 4.22. The fourth-order valence-corrected chi connectivity index (χ4v) is 6.43. The van der Waals surface area contributed by atoms with Crippen LogP contribution in [0.4, 0.5) is 0 Å². The fraction of sp³-hybridized carbons (Fsp3) is 0.643. The van der Waals surface area contributed by atoms with Crippen LogP contribution in [0.3, 0.4) is 0 Å². The zero-order valence-corrected chi connectivity index (χ0v) is 14.3. The molecule has 0 spiro atoms. The fourth-order valence-electron chi connectivity index (χ4n) is 3.00. The van der Waals surface area contributed by atoms with E-state index in [-0.39, 0.29) is 27.7 Å². The highest BCUT2D eigenvalue weighted by atomic mass is 32.2. The van der Waals surface area contributed by atoms with E-state index < -0.39 is 16.0 Å². The first-order valence-corrected chi connectivity index (χ1v) is 9.31. The number of carbonyl (C=O) groups is 1. The highest BCUT2D eigenvalue weighted by Crippen LogP contribution is 2.35. The number of hydrogen-bond acceptors (Lipinski definition) is 4. The molecular formula is C14H21NO4S2. The molecule has 1 fully saturated rings. The van der Waals surface area contributed by atoms with E-state index in [2.05, 4.69) is 0 Å². The maximum Gasteiger partial charge on any atom is 0.347 e. The molecule has 0 radical (unpaired) electrons. The molecule has 1 aliphatic rings. The van der Waals surface area contributed by atoms with Gasteiger partial charge in [0.2, 0.25) is 10.0 Å². The van der Waals surface area contributed by atoms with E-state index in [4.69, 9.17) is 0 Å². The molecule has 1 N–H and O–H groups in total. The molecule has 7 heteroatoms. The maximum absolute atomic E-state index is 13.0. The second-order valence-corrected chi connectivity index (χ2v) is 8.72.